The number of ether oxygens (including phenoxy) is 8. The molecule has 496 valence electrons. The summed E-state index contributed by atoms with van der Waals surface area (Å²) < 4.78 is 46.3. The summed E-state index contributed by atoms with van der Waals surface area (Å²) in [7, 11) is 0. The summed E-state index contributed by atoms with van der Waals surface area (Å²) in [5.41, 5.74) is 58.3. The molecule has 94 heavy (non-hydrogen) atoms. The molecule has 2 aliphatic heterocycles. The second kappa shape index (κ2) is 36.2. The molecular weight excluding hydrogens is 1230 g/mol. The first kappa shape index (κ1) is 71.3. The van der Waals surface area contributed by atoms with Gasteiger partial charge in [0.2, 0.25) is 0 Å². The average molecular weight is 1300 g/mol. The van der Waals surface area contributed by atoms with Crippen molar-refractivity contribution in [3.05, 3.63) is 206 Å². The van der Waals surface area contributed by atoms with E-state index in [9.17, 15) is 56.2 Å². The molecule has 36 heteroatoms. The lowest BCUT2D eigenvalue weighted by Gasteiger charge is -2.47. The number of azide groups is 6. The van der Waals surface area contributed by atoms with E-state index < -0.39 is 134 Å². The Balaban J connectivity index is 0.000000268. The van der Waals surface area contributed by atoms with Gasteiger partial charge in [-0.1, -0.05) is 152 Å². The minimum atomic E-state index is -1.81. The highest BCUT2D eigenvalue weighted by Crippen LogP contribution is 2.37. The van der Waals surface area contributed by atoms with Crippen LogP contribution in [0.15, 0.2) is 152 Å². The molecule has 2 saturated carbocycles. The van der Waals surface area contributed by atoms with Gasteiger partial charge in [0, 0.05) is 56.4 Å². The van der Waals surface area contributed by atoms with E-state index in [2.05, 4.69) is 60.2 Å². The van der Waals surface area contributed by atoms with Gasteiger partial charge in [0.25, 0.3) is 0 Å². The van der Waals surface area contributed by atoms with E-state index in [1.54, 1.807) is 0 Å². The Morgan fingerprint density at radius 2 is 0.787 bits per heavy atom. The van der Waals surface area contributed by atoms with Crippen molar-refractivity contribution >= 4 is 24.1 Å². The number of carbonyl (C=O) groups is 4. The predicted molar refractivity (Wildman–Crippen MR) is 325 cm³/mol. The van der Waals surface area contributed by atoms with Crippen LogP contribution >= 0.6 is 0 Å². The van der Waals surface area contributed by atoms with Gasteiger partial charge in [-0.15, -0.1) is 0 Å². The highest BCUT2D eigenvalue weighted by atomic mass is 16.7. The second-order valence-electron chi connectivity index (χ2n) is 21.9. The smallest absolute Gasteiger partial charge is 0.410 e. The number of hydrogen-bond acceptors (Lipinski definition) is 22. The third kappa shape index (κ3) is 20.0. The van der Waals surface area contributed by atoms with Crippen LogP contribution in [0.1, 0.15) is 61.8 Å². The summed E-state index contributed by atoms with van der Waals surface area (Å²) in [6.07, 6.45) is -17.5. The van der Waals surface area contributed by atoms with Crippen LogP contribution in [0.2, 0.25) is 0 Å². The second-order valence-corrected chi connectivity index (χ2v) is 21.9. The quantitative estimate of drug-likeness (QED) is 0.0167. The molecule has 8 rings (SSSR count). The highest BCUT2D eigenvalue weighted by molar-refractivity contribution is 5.69. The first-order chi connectivity index (χ1) is 45.5. The molecule has 0 unspecified atom stereocenters. The fraction of sp³-hybridized carbons (Fsp3) is 0.517. The number of aliphatic hydroxyl groups is 4. The number of nitrogens with zero attached hydrogens (tertiary/aromatic N) is 20. The Kier molecular flexibility index (Phi) is 27.5. The maximum atomic E-state index is 13.4. The van der Waals surface area contributed by atoms with E-state index in [0.717, 1.165) is 36.1 Å². The molecule has 2 heterocycles. The van der Waals surface area contributed by atoms with Crippen LogP contribution < -0.4 is 0 Å². The van der Waals surface area contributed by atoms with E-state index in [0.29, 0.717) is 12.8 Å². The Hall–Kier alpha value is -10.1. The van der Waals surface area contributed by atoms with Crippen LogP contribution in [0.3, 0.4) is 0 Å². The van der Waals surface area contributed by atoms with Crippen LogP contribution in [0.25, 0.3) is 62.7 Å². The van der Waals surface area contributed by atoms with Gasteiger partial charge in [-0.3, -0.25) is 9.59 Å². The predicted octanol–water partition coefficient (Wildman–Crippen LogP) is 8.84. The summed E-state index contributed by atoms with van der Waals surface area (Å²) in [4.78, 5) is 70.2. The fourth-order valence-electron chi connectivity index (χ4n) is 11.1. The Labute approximate surface area is 535 Å². The maximum absolute atomic E-state index is 13.4. The van der Waals surface area contributed by atoms with Gasteiger partial charge in [-0.25, -0.2) is 9.59 Å². The zero-order chi connectivity index (χ0) is 67.5. The lowest BCUT2D eigenvalue weighted by atomic mass is 9.81. The molecule has 2 saturated heterocycles. The van der Waals surface area contributed by atoms with E-state index >= 15 is 0 Å². The van der Waals surface area contributed by atoms with Crippen LogP contribution in [0.5, 0.6) is 0 Å². The van der Waals surface area contributed by atoms with Gasteiger partial charge in [0.05, 0.1) is 61.7 Å². The number of aliphatic hydroxyl groups excluding tert-OH is 4. The Bertz CT molecular complexity index is 3450. The molecular formula is C58H68N20O16. The minimum Gasteiger partial charge on any atom is -0.461 e. The van der Waals surface area contributed by atoms with Crippen molar-refractivity contribution in [2.45, 2.75) is 176 Å². The zero-order valence-corrected chi connectivity index (χ0v) is 50.6. The molecule has 2 aliphatic carbocycles. The Morgan fingerprint density at radius 1 is 0.436 bits per heavy atom. The molecule has 4 N–H and O–H groups in total. The van der Waals surface area contributed by atoms with Gasteiger partial charge >= 0.3 is 24.1 Å². The summed E-state index contributed by atoms with van der Waals surface area (Å²) in [6, 6.07) is 29.0. The third-order valence-electron chi connectivity index (χ3n) is 15.5. The maximum Gasteiger partial charge on any atom is 0.410 e. The number of benzene rings is 4. The number of esters is 2. The molecule has 4 fully saturated rings. The molecule has 2 amide bonds. The molecule has 0 radical (unpaired) electrons. The van der Waals surface area contributed by atoms with Crippen LogP contribution in [-0.4, -0.2) is 177 Å². The third-order valence-corrected chi connectivity index (χ3v) is 15.5. The molecule has 18 atom stereocenters. The number of rotatable bonds is 24. The van der Waals surface area contributed by atoms with Gasteiger partial charge in [0.1, 0.15) is 61.9 Å². The molecule has 4 aromatic rings. The first-order valence-electron chi connectivity index (χ1n) is 29.4. The van der Waals surface area contributed by atoms with Crippen molar-refractivity contribution in [1.82, 2.24) is 9.80 Å². The van der Waals surface area contributed by atoms with Crippen molar-refractivity contribution in [3.63, 3.8) is 0 Å². The minimum absolute atomic E-state index is 0.0173. The summed E-state index contributed by atoms with van der Waals surface area (Å²) in [6.45, 7) is 2.66. The summed E-state index contributed by atoms with van der Waals surface area (Å²) in [5, 5.41) is 65.1. The van der Waals surface area contributed by atoms with Gasteiger partial charge in [-0.2, -0.15) is 0 Å². The number of hydrogen-bond donors (Lipinski definition) is 4. The standard InChI is InChI=1S/C31H36N10O9.C27H32N10O7/c1-18(42)47-27-24(36-39-33)28(48-19(2)43)26(44)29(25(27)37-40-34)50-30-23(35-38-32)14-13-22(49-30)16-41(15-20-9-5-3-6-10-20)31(45)46-17-21-11-7-4-8-12-21;28-34-31-19-12-11-18(43-26(19)44-25-21(33-36-30)22(38)20(32-35-29)23(39)24(25)40)14-37(13-16-7-3-1-4-8-16)27(41)42-15-17-9-5-2-6-10-17/h3-12,22-30,44H,13-17H2,1-2H3;1-10,18-26,38-40H,11-15H2/t22-,23+,24+,25-,26+,27+,28-,29+,30+;18-,19+,20+,21-,22+,23-,24+,25+,26+/m00/s1. The molecule has 4 aromatic carbocycles. The van der Waals surface area contributed by atoms with Crippen molar-refractivity contribution in [1.29, 1.82) is 0 Å². The average Bonchev–Trinajstić information content (AvgIpc) is 0.776. The monoisotopic (exact) mass is 1300 g/mol. The molecule has 4 aliphatic rings. The van der Waals surface area contributed by atoms with E-state index in [-0.39, 0.29) is 52.2 Å². The van der Waals surface area contributed by atoms with Crippen LogP contribution in [-0.2, 0) is 73.8 Å². The van der Waals surface area contributed by atoms with Crippen molar-refractivity contribution in [2.75, 3.05) is 13.1 Å². The van der Waals surface area contributed by atoms with Crippen LogP contribution in [0.4, 0.5) is 9.59 Å². The normalized spacial score (nSPS) is 28.4. The SMILES string of the molecule is CC(=O)O[C@@H]1[C@@H](N=[N+]=[N-])[C@H](OC(C)=O)[C@@H](O)[C@H](O[C@H]2O[C@H](CN(Cc3ccccc3)C(=O)OCc3ccccc3)CC[C@H]2N=[N+]=[N-])[C@H]1N=[N+]=[N-].[N-]=[N+]=N[C@H]1[C@H](O)[C@@H](O)[C@H](O[C@H]2O[C@H](CN(Cc3ccccc3)C(=O)OCc3ccccc3)CC[C@H]2N=[N+]=[N-])[C@@H](N=[N+]=[N-])[C@@H]1O. The van der Waals surface area contributed by atoms with Gasteiger partial charge < -0.3 is 68.1 Å². The molecule has 0 bridgehead atoms. The van der Waals surface area contributed by atoms with E-state index in [4.69, 9.17) is 54.5 Å². The lowest BCUT2D eigenvalue weighted by Crippen LogP contribution is -2.66. The fourth-order valence-corrected chi connectivity index (χ4v) is 11.1. The van der Waals surface area contributed by atoms with Crippen LogP contribution in [0, 0.1) is 0 Å². The molecule has 0 spiro atoms. The first-order valence-corrected chi connectivity index (χ1v) is 29.4. The van der Waals surface area contributed by atoms with E-state index in [1.807, 2.05) is 121 Å². The largest absolute Gasteiger partial charge is 0.461 e. The van der Waals surface area contributed by atoms with Crippen molar-refractivity contribution in [2.24, 2.45) is 30.7 Å². The topological polar surface area (TPSA) is 522 Å². The molecule has 0 aromatic heterocycles. The number of amides is 2. The lowest BCUT2D eigenvalue weighted by molar-refractivity contribution is -0.264. The number of carbonyl (C=O) groups excluding carboxylic acids is 4. The Morgan fingerprint density at radius 3 is 1.18 bits per heavy atom. The zero-order valence-electron chi connectivity index (χ0n) is 50.6. The molecule has 36 nitrogen and oxygen atoms in total. The summed E-state index contributed by atoms with van der Waals surface area (Å²) in [5.74, 6) is -1.73. The van der Waals surface area contributed by atoms with E-state index in [1.165, 1.54) is 9.80 Å². The van der Waals surface area contributed by atoms with Gasteiger partial charge in [0.15, 0.2) is 12.6 Å². The van der Waals surface area contributed by atoms with Gasteiger partial charge in [-0.05, 0) is 81.1 Å². The highest BCUT2D eigenvalue weighted by Gasteiger charge is 2.56. The van der Waals surface area contributed by atoms with Crippen molar-refractivity contribution < 1.29 is 77.5 Å². The summed E-state index contributed by atoms with van der Waals surface area (Å²) >= 11 is 0. The van der Waals surface area contributed by atoms with Crippen molar-refractivity contribution in [3.8, 4) is 0 Å².